The van der Waals surface area contributed by atoms with Gasteiger partial charge in [0.2, 0.25) is 0 Å². The van der Waals surface area contributed by atoms with Crippen molar-refractivity contribution in [2.75, 3.05) is 0 Å². The van der Waals surface area contributed by atoms with E-state index in [2.05, 4.69) is 29.1 Å². The van der Waals surface area contributed by atoms with E-state index < -0.39 is 0 Å². The third-order valence-electron chi connectivity index (χ3n) is 5.02. The highest BCUT2D eigenvalue weighted by molar-refractivity contribution is 5.48. The van der Waals surface area contributed by atoms with Crippen LogP contribution in [0.3, 0.4) is 0 Å². The standard InChI is InChI=1S/C18H21N5O/c1-12(2)15-11-14(21-23(15)3)16-20-17(22-24-16)18(7-4-8-18)13-5-9-19-10-6-13/h5-6,9-12H,4,7-8H2,1-3H3. The van der Waals surface area contributed by atoms with Gasteiger partial charge in [0, 0.05) is 25.1 Å². The van der Waals surface area contributed by atoms with Crippen LogP contribution in [0.1, 0.15) is 56.1 Å². The van der Waals surface area contributed by atoms with Gasteiger partial charge >= 0.3 is 0 Å². The van der Waals surface area contributed by atoms with Gasteiger partial charge in [-0.2, -0.15) is 10.1 Å². The Hall–Kier alpha value is -2.50. The monoisotopic (exact) mass is 323 g/mol. The molecule has 3 heterocycles. The normalized spacial score (nSPS) is 16.3. The maximum atomic E-state index is 5.55. The van der Waals surface area contributed by atoms with Gasteiger partial charge in [-0.15, -0.1) is 0 Å². The van der Waals surface area contributed by atoms with Crippen LogP contribution in [-0.2, 0) is 12.5 Å². The van der Waals surface area contributed by atoms with Crippen molar-refractivity contribution in [2.24, 2.45) is 7.05 Å². The summed E-state index contributed by atoms with van der Waals surface area (Å²) >= 11 is 0. The first-order valence-corrected chi connectivity index (χ1v) is 8.39. The van der Waals surface area contributed by atoms with Gasteiger partial charge in [0.1, 0.15) is 0 Å². The van der Waals surface area contributed by atoms with E-state index in [4.69, 9.17) is 9.51 Å². The van der Waals surface area contributed by atoms with Crippen molar-refractivity contribution >= 4 is 0 Å². The van der Waals surface area contributed by atoms with Gasteiger partial charge in [0.25, 0.3) is 5.89 Å². The maximum Gasteiger partial charge on any atom is 0.278 e. The van der Waals surface area contributed by atoms with Gasteiger partial charge in [0.05, 0.1) is 5.41 Å². The summed E-state index contributed by atoms with van der Waals surface area (Å²) < 4.78 is 7.43. The van der Waals surface area contributed by atoms with Crippen molar-refractivity contribution in [3.05, 3.63) is 47.7 Å². The minimum absolute atomic E-state index is 0.139. The predicted molar refractivity (Wildman–Crippen MR) is 89.5 cm³/mol. The van der Waals surface area contributed by atoms with Crippen LogP contribution in [0.2, 0.25) is 0 Å². The number of rotatable bonds is 4. The summed E-state index contributed by atoms with van der Waals surface area (Å²) in [5, 5.41) is 8.82. The Kier molecular flexibility index (Phi) is 3.48. The predicted octanol–water partition coefficient (Wildman–Crippen LogP) is 3.46. The second-order valence-electron chi connectivity index (χ2n) is 6.83. The number of hydrogen-bond donors (Lipinski definition) is 0. The summed E-state index contributed by atoms with van der Waals surface area (Å²) in [6.07, 6.45) is 6.90. The fourth-order valence-electron chi connectivity index (χ4n) is 3.49. The summed E-state index contributed by atoms with van der Waals surface area (Å²) in [6.45, 7) is 4.29. The Bertz CT molecular complexity index is 845. The van der Waals surface area contributed by atoms with Crippen molar-refractivity contribution in [3.8, 4) is 11.6 Å². The zero-order valence-electron chi connectivity index (χ0n) is 14.2. The lowest BCUT2D eigenvalue weighted by Gasteiger charge is -2.39. The SMILES string of the molecule is CC(C)c1cc(-c2nc(C3(c4ccncc4)CCC3)no2)nn1C. The Labute approximate surface area is 140 Å². The van der Waals surface area contributed by atoms with Gasteiger partial charge in [0.15, 0.2) is 11.5 Å². The summed E-state index contributed by atoms with van der Waals surface area (Å²) in [6, 6.07) is 6.13. The second kappa shape index (κ2) is 5.54. The molecule has 0 bridgehead atoms. The molecule has 0 saturated heterocycles. The van der Waals surface area contributed by atoms with E-state index in [-0.39, 0.29) is 5.41 Å². The molecular weight excluding hydrogens is 302 g/mol. The van der Waals surface area contributed by atoms with Gasteiger partial charge < -0.3 is 4.52 Å². The molecule has 24 heavy (non-hydrogen) atoms. The molecule has 0 radical (unpaired) electrons. The average molecular weight is 323 g/mol. The number of hydrogen-bond acceptors (Lipinski definition) is 5. The van der Waals surface area contributed by atoms with Crippen LogP contribution >= 0.6 is 0 Å². The highest BCUT2D eigenvalue weighted by atomic mass is 16.5. The molecule has 1 aliphatic carbocycles. The van der Waals surface area contributed by atoms with E-state index in [1.807, 2.05) is 42.3 Å². The first kappa shape index (κ1) is 15.1. The molecule has 1 fully saturated rings. The van der Waals surface area contributed by atoms with E-state index in [9.17, 15) is 0 Å². The lowest BCUT2D eigenvalue weighted by Crippen LogP contribution is -2.36. The molecule has 1 saturated carbocycles. The summed E-state index contributed by atoms with van der Waals surface area (Å²) in [4.78, 5) is 8.81. The Balaban J connectivity index is 1.71. The van der Waals surface area contributed by atoms with Crippen LogP contribution in [-0.4, -0.2) is 24.9 Å². The van der Waals surface area contributed by atoms with E-state index in [1.165, 1.54) is 12.0 Å². The molecule has 0 spiro atoms. The summed E-state index contributed by atoms with van der Waals surface area (Å²) in [5.41, 5.74) is 2.96. The van der Waals surface area contributed by atoms with Crippen LogP contribution in [0.15, 0.2) is 35.1 Å². The molecule has 0 aliphatic heterocycles. The first-order chi connectivity index (χ1) is 11.6. The molecule has 4 rings (SSSR count). The smallest absolute Gasteiger partial charge is 0.278 e. The molecule has 124 valence electrons. The van der Waals surface area contributed by atoms with Crippen LogP contribution in [0.4, 0.5) is 0 Å². The molecule has 3 aromatic heterocycles. The lowest BCUT2D eigenvalue weighted by molar-refractivity contribution is 0.272. The largest absolute Gasteiger partial charge is 0.332 e. The average Bonchev–Trinajstić information content (AvgIpc) is 3.14. The van der Waals surface area contributed by atoms with Gasteiger partial charge in [-0.05, 0) is 42.5 Å². The molecule has 0 amide bonds. The molecule has 1 aliphatic rings. The van der Waals surface area contributed by atoms with Crippen LogP contribution < -0.4 is 0 Å². The van der Waals surface area contributed by atoms with Crippen molar-refractivity contribution in [1.82, 2.24) is 24.9 Å². The van der Waals surface area contributed by atoms with Crippen LogP contribution in [0, 0.1) is 0 Å². The third-order valence-corrected chi connectivity index (χ3v) is 5.02. The van der Waals surface area contributed by atoms with E-state index in [0.717, 1.165) is 30.1 Å². The number of aromatic nitrogens is 5. The Morgan fingerprint density at radius 2 is 1.96 bits per heavy atom. The molecule has 0 unspecified atom stereocenters. The van der Waals surface area contributed by atoms with Gasteiger partial charge in [-0.25, -0.2) is 0 Å². The van der Waals surface area contributed by atoms with Crippen LogP contribution in [0.5, 0.6) is 0 Å². The molecule has 0 N–H and O–H groups in total. The topological polar surface area (TPSA) is 69.6 Å². The number of pyridine rings is 1. The lowest BCUT2D eigenvalue weighted by atomic mass is 9.64. The minimum Gasteiger partial charge on any atom is -0.332 e. The third kappa shape index (κ3) is 2.25. The van der Waals surface area contributed by atoms with Crippen molar-refractivity contribution in [2.45, 2.75) is 44.4 Å². The molecule has 6 nitrogen and oxygen atoms in total. The zero-order chi connectivity index (χ0) is 16.7. The summed E-state index contributed by atoms with van der Waals surface area (Å²) in [5.74, 6) is 1.65. The maximum absolute atomic E-state index is 5.55. The molecule has 0 atom stereocenters. The zero-order valence-corrected chi connectivity index (χ0v) is 14.2. The van der Waals surface area contributed by atoms with Crippen molar-refractivity contribution in [1.29, 1.82) is 0 Å². The quantitative estimate of drug-likeness (QED) is 0.735. The highest BCUT2D eigenvalue weighted by Crippen LogP contribution is 2.47. The first-order valence-electron chi connectivity index (χ1n) is 8.39. The van der Waals surface area contributed by atoms with E-state index in [1.54, 1.807) is 0 Å². The Morgan fingerprint density at radius 3 is 2.54 bits per heavy atom. The molecule has 6 heteroatoms. The van der Waals surface area contributed by atoms with Crippen molar-refractivity contribution < 1.29 is 4.52 Å². The fourth-order valence-corrected chi connectivity index (χ4v) is 3.49. The minimum atomic E-state index is -0.139. The second-order valence-corrected chi connectivity index (χ2v) is 6.83. The highest BCUT2D eigenvalue weighted by Gasteiger charge is 2.44. The van der Waals surface area contributed by atoms with E-state index >= 15 is 0 Å². The number of nitrogens with zero attached hydrogens (tertiary/aromatic N) is 5. The van der Waals surface area contributed by atoms with Crippen LogP contribution in [0.25, 0.3) is 11.6 Å². The summed E-state index contributed by atoms with van der Waals surface area (Å²) in [7, 11) is 1.94. The fraction of sp³-hybridized carbons (Fsp3) is 0.444. The Morgan fingerprint density at radius 1 is 1.21 bits per heavy atom. The number of aryl methyl sites for hydroxylation is 1. The van der Waals surface area contributed by atoms with Gasteiger partial charge in [-0.3, -0.25) is 9.67 Å². The molecule has 0 aromatic carbocycles. The molecule has 3 aromatic rings. The van der Waals surface area contributed by atoms with E-state index in [0.29, 0.717) is 11.8 Å². The molecular formula is C18H21N5O. The van der Waals surface area contributed by atoms with Gasteiger partial charge in [-0.1, -0.05) is 25.4 Å². The van der Waals surface area contributed by atoms with Crippen molar-refractivity contribution in [3.63, 3.8) is 0 Å².